The predicted octanol–water partition coefficient (Wildman–Crippen LogP) is 3.40. The summed E-state index contributed by atoms with van der Waals surface area (Å²) in [6.45, 7) is 3.23. The Morgan fingerprint density at radius 1 is 1.17 bits per heavy atom. The van der Waals surface area contributed by atoms with Gasteiger partial charge in [-0.1, -0.05) is 30.3 Å². The predicted molar refractivity (Wildman–Crippen MR) is 85.8 cm³/mol. The second-order valence-corrected chi connectivity index (χ2v) is 5.89. The Kier molecular flexibility index (Phi) is 4.99. The fourth-order valence-electron chi connectivity index (χ4n) is 2.96. The minimum absolute atomic E-state index is 0.0173. The molecule has 0 aliphatic carbocycles. The Morgan fingerprint density at radius 2 is 1.96 bits per heavy atom. The first-order valence-electron chi connectivity index (χ1n) is 7.94. The van der Waals surface area contributed by atoms with E-state index in [1.54, 1.807) is 0 Å². The molecule has 24 heavy (non-hydrogen) atoms. The topological polar surface area (TPSA) is 41.1 Å². The second kappa shape index (κ2) is 7.17. The van der Waals surface area contributed by atoms with Crippen molar-refractivity contribution in [1.82, 2.24) is 14.9 Å². The number of benzene rings is 1. The lowest BCUT2D eigenvalue weighted by molar-refractivity contribution is -0.141. The van der Waals surface area contributed by atoms with Gasteiger partial charge in [-0.3, -0.25) is 0 Å². The summed E-state index contributed by atoms with van der Waals surface area (Å²) >= 11 is 0. The molecule has 1 aromatic heterocycles. The molecule has 0 saturated carbocycles. The molecule has 1 aliphatic rings. The number of halogens is 3. The van der Waals surface area contributed by atoms with E-state index < -0.39 is 11.9 Å². The zero-order chi connectivity index (χ0) is 17.0. The molecule has 1 atom stereocenters. The molecule has 2 aromatic rings. The summed E-state index contributed by atoms with van der Waals surface area (Å²) in [5.74, 6) is 0.541. The van der Waals surface area contributed by atoms with Crippen LogP contribution in [0.5, 0.6) is 0 Å². The third-order valence-electron chi connectivity index (χ3n) is 4.20. The number of anilines is 1. The quantitative estimate of drug-likeness (QED) is 0.909. The number of likely N-dealkylation sites (tertiary alicyclic amines) is 1. The summed E-state index contributed by atoms with van der Waals surface area (Å²) in [6, 6.07) is 11.3. The monoisotopic (exact) mass is 336 g/mol. The van der Waals surface area contributed by atoms with E-state index in [0.717, 1.165) is 38.3 Å². The molecular weight excluding hydrogens is 317 g/mol. The standard InChI is InChI=1S/C17H19F3N4/c18-17(19,20)15-6-8-21-16(23-15)22-9-11-24-10-7-14(12-24)13-4-2-1-3-5-13/h1-6,8,14H,7,9-12H2,(H,21,22,23)/t14-/m1/s1. The molecule has 0 amide bonds. The first-order valence-corrected chi connectivity index (χ1v) is 7.94. The number of nitrogens with zero attached hydrogens (tertiary/aromatic N) is 3. The van der Waals surface area contributed by atoms with Crippen molar-refractivity contribution in [2.75, 3.05) is 31.5 Å². The van der Waals surface area contributed by atoms with Gasteiger partial charge in [-0.25, -0.2) is 9.97 Å². The van der Waals surface area contributed by atoms with Crippen molar-refractivity contribution in [1.29, 1.82) is 0 Å². The molecule has 0 spiro atoms. The fraction of sp³-hybridized carbons (Fsp3) is 0.412. The van der Waals surface area contributed by atoms with Gasteiger partial charge in [0.2, 0.25) is 5.95 Å². The van der Waals surface area contributed by atoms with Crippen molar-refractivity contribution in [3.8, 4) is 0 Å². The lowest BCUT2D eigenvalue weighted by atomic mass is 9.99. The van der Waals surface area contributed by atoms with E-state index in [4.69, 9.17) is 0 Å². The van der Waals surface area contributed by atoms with Crippen LogP contribution in [0.2, 0.25) is 0 Å². The summed E-state index contributed by atoms with van der Waals surface area (Å²) in [5, 5.41) is 2.87. The van der Waals surface area contributed by atoms with Crippen molar-refractivity contribution >= 4 is 5.95 Å². The summed E-state index contributed by atoms with van der Waals surface area (Å²) in [6.07, 6.45) is -2.22. The number of aromatic nitrogens is 2. The highest BCUT2D eigenvalue weighted by Crippen LogP contribution is 2.28. The maximum Gasteiger partial charge on any atom is 0.433 e. The largest absolute Gasteiger partial charge is 0.433 e. The molecule has 0 radical (unpaired) electrons. The van der Waals surface area contributed by atoms with Gasteiger partial charge < -0.3 is 10.2 Å². The van der Waals surface area contributed by atoms with Crippen LogP contribution in [0, 0.1) is 0 Å². The maximum absolute atomic E-state index is 12.6. The van der Waals surface area contributed by atoms with Crippen LogP contribution >= 0.6 is 0 Å². The average Bonchev–Trinajstić information content (AvgIpc) is 3.04. The second-order valence-electron chi connectivity index (χ2n) is 5.89. The number of hydrogen-bond donors (Lipinski definition) is 1. The third-order valence-corrected chi connectivity index (χ3v) is 4.20. The third kappa shape index (κ3) is 4.23. The molecule has 0 bridgehead atoms. The van der Waals surface area contributed by atoms with Gasteiger partial charge in [0.25, 0.3) is 0 Å². The number of rotatable bonds is 5. The first kappa shape index (κ1) is 16.7. The van der Waals surface area contributed by atoms with Crippen molar-refractivity contribution in [2.24, 2.45) is 0 Å². The molecule has 1 N–H and O–H groups in total. The van der Waals surface area contributed by atoms with Crippen LogP contribution in [0.25, 0.3) is 0 Å². The van der Waals surface area contributed by atoms with Crippen LogP contribution in [0.4, 0.5) is 19.1 Å². The van der Waals surface area contributed by atoms with Gasteiger partial charge in [0, 0.05) is 25.8 Å². The van der Waals surface area contributed by atoms with Crippen LogP contribution in [-0.2, 0) is 6.18 Å². The highest BCUT2D eigenvalue weighted by atomic mass is 19.4. The van der Waals surface area contributed by atoms with Gasteiger partial charge in [0.15, 0.2) is 0 Å². The minimum Gasteiger partial charge on any atom is -0.353 e. The van der Waals surface area contributed by atoms with E-state index in [2.05, 4.69) is 32.3 Å². The molecule has 4 nitrogen and oxygen atoms in total. The molecule has 1 aliphatic heterocycles. The molecule has 3 rings (SSSR count). The zero-order valence-corrected chi connectivity index (χ0v) is 13.1. The molecule has 1 fully saturated rings. The molecule has 0 unspecified atom stereocenters. The van der Waals surface area contributed by atoms with Gasteiger partial charge in [0.05, 0.1) is 0 Å². The van der Waals surface area contributed by atoms with Gasteiger partial charge in [-0.2, -0.15) is 13.2 Å². The molecular formula is C17H19F3N4. The minimum atomic E-state index is -4.45. The van der Waals surface area contributed by atoms with E-state index in [1.807, 2.05) is 18.2 Å². The Hall–Kier alpha value is -2.15. The Morgan fingerprint density at radius 3 is 2.71 bits per heavy atom. The first-order chi connectivity index (χ1) is 11.5. The van der Waals surface area contributed by atoms with E-state index in [1.165, 1.54) is 5.56 Å². The van der Waals surface area contributed by atoms with E-state index in [0.29, 0.717) is 12.5 Å². The van der Waals surface area contributed by atoms with Crippen LogP contribution in [0.1, 0.15) is 23.6 Å². The Bertz CT molecular complexity index is 660. The number of nitrogens with one attached hydrogen (secondary N) is 1. The van der Waals surface area contributed by atoms with Crippen molar-refractivity contribution < 1.29 is 13.2 Å². The normalized spacial score (nSPS) is 18.7. The van der Waals surface area contributed by atoms with Gasteiger partial charge in [0.1, 0.15) is 5.69 Å². The molecule has 128 valence electrons. The van der Waals surface area contributed by atoms with Gasteiger partial charge >= 0.3 is 6.18 Å². The molecule has 7 heteroatoms. The molecule has 1 saturated heterocycles. The lowest BCUT2D eigenvalue weighted by Crippen LogP contribution is -2.27. The Balaban J connectivity index is 1.48. The highest BCUT2D eigenvalue weighted by molar-refractivity contribution is 5.26. The summed E-state index contributed by atoms with van der Waals surface area (Å²) in [5.41, 5.74) is 0.416. The summed E-state index contributed by atoms with van der Waals surface area (Å²) < 4.78 is 37.8. The van der Waals surface area contributed by atoms with Crippen LogP contribution in [0.3, 0.4) is 0 Å². The van der Waals surface area contributed by atoms with Crippen LogP contribution < -0.4 is 5.32 Å². The molecule has 2 heterocycles. The van der Waals surface area contributed by atoms with E-state index >= 15 is 0 Å². The fourth-order valence-corrected chi connectivity index (χ4v) is 2.96. The summed E-state index contributed by atoms with van der Waals surface area (Å²) in [4.78, 5) is 9.65. The highest BCUT2D eigenvalue weighted by Gasteiger charge is 2.32. The van der Waals surface area contributed by atoms with Crippen molar-refractivity contribution in [3.63, 3.8) is 0 Å². The molecule has 1 aromatic carbocycles. The zero-order valence-electron chi connectivity index (χ0n) is 13.1. The lowest BCUT2D eigenvalue weighted by Gasteiger charge is -2.16. The van der Waals surface area contributed by atoms with Crippen LogP contribution in [-0.4, -0.2) is 41.0 Å². The maximum atomic E-state index is 12.6. The Labute approximate surface area is 138 Å². The average molecular weight is 336 g/mol. The van der Waals surface area contributed by atoms with E-state index in [-0.39, 0.29) is 5.95 Å². The number of alkyl halides is 3. The summed E-state index contributed by atoms with van der Waals surface area (Å²) in [7, 11) is 0. The van der Waals surface area contributed by atoms with Gasteiger partial charge in [-0.15, -0.1) is 0 Å². The smallest absolute Gasteiger partial charge is 0.353 e. The number of hydrogen-bond acceptors (Lipinski definition) is 4. The van der Waals surface area contributed by atoms with Crippen LogP contribution in [0.15, 0.2) is 42.6 Å². The van der Waals surface area contributed by atoms with E-state index in [9.17, 15) is 13.2 Å². The SMILES string of the molecule is FC(F)(F)c1ccnc(NCCN2CC[C@@H](c3ccccc3)C2)n1. The van der Waals surface area contributed by atoms with Crippen molar-refractivity contribution in [2.45, 2.75) is 18.5 Å². The van der Waals surface area contributed by atoms with Crippen molar-refractivity contribution in [3.05, 3.63) is 53.9 Å². The van der Waals surface area contributed by atoms with Gasteiger partial charge in [-0.05, 0) is 30.5 Å².